The Bertz CT molecular complexity index is 300. The molecule has 0 amide bonds. The molecule has 0 bridgehead atoms. The summed E-state index contributed by atoms with van der Waals surface area (Å²) in [5.41, 5.74) is 0.755. The fourth-order valence-electron chi connectivity index (χ4n) is 1.09. The van der Waals surface area contributed by atoms with Gasteiger partial charge in [0.25, 0.3) is 0 Å². The highest BCUT2D eigenvalue weighted by atomic mass is 35.5. The predicted octanol–water partition coefficient (Wildman–Crippen LogP) is 3.10. The van der Waals surface area contributed by atoms with Gasteiger partial charge in [-0.1, -0.05) is 11.6 Å². The molecule has 2 nitrogen and oxygen atoms in total. The summed E-state index contributed by atoms with van der Waals surface area (Å²) in [6, 6.07) is 3.48. The van der Waals surface area contributed by atoms with Crippen molar-refractivity contribution in [3.63, 3.8) is 0 Å². The third kappa shape index (κ3) is 2.01. The third-order valence-electron chi connectivity index (χ3n) is 1.72. The number of benzene rings is 1. The minimum absolute atomic E-state index is 0.305. The summed E-state index contributed by atoms with van der Waals surface area (Å²) < 4.78 is 10.2. The Morgan fingerprint density at radius 3 is 2.38 bits per heavy atom. The number of alkyl halides is 1. The molecule has 0 unspecified atom stereocenters. The van der Waals surface area contributed by atoms with Crippen LogP contribution < -0.4 is 9.47 Å². The van der Waals surface area contributed by atoms with Gasteiger partial charge >= 0.3 is 0 Å². The fourth-order valence-corrected chi connectivity index (χ4v) is 1.64. The van der Waals surface area contributed by atoms with E-state index in [1.807, 2.05) is 0 Å². The van der Waals surface area contributed by atoms with Crippen LogP contribution in [0, 0.1) is 0 Å². The molecular weight excluding hydrogens is 211 g/mol. The molecule has 1 aromatic carbocycles. The fraction of sp³-hybridized carbons (Fsp3) is 0.333. The van der Waals surface area contributed by atoms with Crippen LogP contribution >= 0.6 is 23.2 Å². The van der Waals surface area contributed by atoms with Crippen LogP contribution in [0.2, 0.25) is 5.02 Å². The number of hydrogen-bond donors (Lipinski definition) is 0. The average Bonchev–Trinajstić information content (AvgIpc) is 2.17. The van der Waals surface area contributed by atoms with E-state index in [9.17, 15) is 0 Å². The van der Waals surface area contributed by atoms with E-state index in [0.717, 1.165) is 5.56 Å². The largest absolute Gasteiger partial charge is 0.493 e. The third-order valence-corrected chi connectivity index (χ3v) is 2.35. The minimum Gasteiger partial charge on any atom is -0.493 e. The maximum atomic E-state index is 5.92. The second-order valence-corrected chi connectivity index (χ2v) is 3.07. The molecule has 1 aromatic rings. The van der Waals surface area contributed by atoms with Crippen molar-refractivity contribution >= 4 is 23.2 Å². The summed E-state index contributed by atoms with van der Waals surface area (Å²) in [6.07, 6.45) is 0. The lowest BCUT2D eigenvalue weighted by molar-refractivity contribution is 0.352. The Morgan fingerprint density at radius 2 is 1.92 bits per heavy atom. The number of methoxy groups -OCH3 is 2. The molecule has 0 spiro atoms. The molecule has 4 heteroatoms. The van der Waals surface area contributed by atoms with Crippen LogP contribution in [-0.4, -0.2) is 14.2 Å². The SMILES string of the molecule is COc1ccc(Cl)c(CCl)c1OC. The van der Waals surface area contributed by atoms with Gasteiger partial charge in [-0.15, -0.1) is 11.6 Å². The molecule has 0 heterocycles. The molecule has 0 saturated heterocycles. The molecule has 0 aliphatic carbocycles. The van der Waals surface area contributed by atoms with Crippen LogP contribution in [0.3, 0.4) is 0 Å². The highest BCUT2D eigenvalue weighted by Gasteiger charge is 2.12. The monoisotopic (exact) mass is 220 g/mol. The van der Waals surface area contributed by atoms with Crippen LogP contribution in [0.25, 0.3) is 0 Å². The summed E-state index contributed by atoms with van der Waals surface area (Å²) in [4.78, 5) is 0. The Balaban J connectivity index is 3.27. The molecule has 0 aliphatic rings. The van der Waals surface area contributed by atoms with Crippen LogP contribution in [0.4, 0.5) is 0 Å². The van der Waals surface area contributed by atoms with E-state index in [1.54, 1.807) is 26.4 Å². The minimum atomic E-state index is 0.305. The van der Waals surface area contributed by atoms with E-state index >= 15 is 0 Å². The van der Waals surface area contributed by atoms with Crippen molar-refractivity contribution < 1.29 is 9.47 Å². The highest BCUT2D eigenvalue weighted by molar-refractivity contribution is 6.32. The van der Waals surface area contributed by atoms with Gasteiger partial charge in [0.1, 0.15) is 0 Å². The smallest absolute Gasteiger partial charge is 0.166 e. The van der Waals surface area contributed by atoms with E-state index in [1.165, 1.54) is 0 Å². The first-order chi connectivity index (χ1) is 6.24. The van der Waals surface area contributed by atoms with Crippen molar-refractivity contribution in [3.05, 3.63) is 22.7 Å². The summed E-state index contributed by atoms with van der Waals surface area (Å²) in [7, 11) is 3.13. The summed E-state index contributed by atoms with van der Waals surface area (Å²) in [5.74, 6) is 1.55. The highest BCUT2D eigenvalue weighted by Crippen LogP contribution is 2.36. The van der Waals surface area contributed by atoms with Crippen LogP contribution in [-0.2, 0) is 5.88 Å². The van der Waals surface area contributed by atoms with Gasteiger partial charge in [-0.25, -0.2) is 0 Å². The van der Waals surface area contributed by atoms with E-state index < -0.39 is 0 Å². The van der Waals surface area contributed by atoms with Crippen molar-refractivity contribution in [2.24, 2.45) is 0 Å². The lowest BCUT2D eigenvalue weighted by Gasteiger charge is -2.11. The topological polar surface area (TPSA) is 18.5 Å². The van der Waals surface area contributed by atoms with E-state index in [2.05, 4.69) is 0 Å². The van der Waals surface area contributed by atoms with Crippen LogP contribution in [0.1, 0.15) is 5.56 Å². The normalized spacial score (nSPS) is 9.85. The molecule has 0 aliphatic heterocycles. The van der Waals surface area contributed by atoms with Gasteiger partial charge in [0.15, 0.2) is 11.5 Å². The first-order valence-corrected chi connectivity index (χ1v) is 4.61. The zero-order valence-electron chi connectivity index (χ0n) is 7.43. The molecule has 0 atom stereocenters. The van der Waals surface area contributed by atoms with Gasteiger partial charge < -0.3 is 9.47 Å². The molecule has 0 radical (unpaired) electrons. The van der Waals surface area contributed by atoms with Crippen molar-refractivity contribution in [1.82, 2.24) is 0 Å². The van der Waals surface area contributed by atoms with E-state index in [4.69, 9.17) is 32.7 Å². The molecule has 72 valence electrons. The second kappa shape index (κ2) is 4.58. The zero-order valence-corrected chi connectivity index (χ0v) is 8.95. The number of halogens is 2. The summed E-state index contributed by atoms with van der Waals surface area (Å²) in [6.45, 7) is 0. The molecule has 0 saturated carbocycles. The van der Waals surface area contributed by atoms with Crippen LogP contribution in [0.5, 0.6) is 11.5 Å². The van der Waals surface area contributed by atoms with Gasteiger partial charge in [0, 0.05) is 10.6 Å². The molecule has 0 fully saturated rings. The summed E-state index contributed by atoms with van der Waals surface area (Å²) >= 11 is 11.6. The number of rotatable bonds is 3. The second-order valence-electron chi connectivity index (χ2n) is 2.40. The van der Waals surface area contributed by atoms with E-state index in [-0.39, 0.29) is 0 Å². The number of hydrogen-bond acceptors (Lipinski definition) is 2. The Kier molecular flexibility index (Phi) is 3.70. The lowest BCUT2D eigenvalue weighted by atomic mass is 10.2. The van der Waals surface area contributed by atoms with Crippen molar-refractivity contribution in [1.29, 1.82) is 0 Å². The maximum absolute atomic E-state index is 5.92. The van der Waals surface area contributed by atoms with Crippen molar-refractivity contribution in [2.75, 3.05) is 14.2 Å². The van der Waals surface area contributed by atoms with Gasteiger partial charge in [-0.2, -0.15) is 0 Å². The van der Waals surface area contributed by atoms with Gasteiger partial charge in [-0.05, 0) is 12.1 Å². The Labute approximate surface area is 87.4 Å². The Hall–Kier alpha value is -0.600. The molecule has 0 aromatic heterocycles. The van der Waals surface area contributed by atoms with Gasteiger partial charge in [-0.3, -0.25) is 0 Å². The van der Waals surface area contributed by atoms with Crippen LogP contribution in [0.15, 0.2) is 12.1 Å². The molecular formula is C9H10Cl2O2. The molecule has 0 N–H and O–H groups in total. The number of ether oxygens (including phenoxy) is 2. The first kappa shape index (κ1) is 10.5. The first-order valence-electron chi connectivity index (χ1n) is 3.70. The molecule has 13 heavy (non-hydrogen) atoms. The molecule has 1 rings (SSSR count). The maximum Gasteiger partial charge on any atom is 0.166 e. The average molecular weight is 221 g/mol. The quantitative estimate of drug-likeness (QED) is 0.730. The lowest BCUT2D eigenvalue weighted by Crippen LogP contribution is -1.95. The van der Waals surface area contributed by atoms with Crippen molar-refractivity contribution in [3.8, 4) is 11.5 Å². The Morgan fingerprint density at radius 1 is 1.23 bits per heavy atom. The predicted molar refractivity (Wildman–Crippen MR) is 54.1 cm³/mol. The zero-order chi connectivity index (χ0) is 9.84. The summed E-state index contributed by atoms with van der Waals surface area (Å²) in [5, 5.41) is 0.590. The van der Waals surface area contributed by atoms with Gasteiger partial charge in [0.05, 0.1) is 20.1 Å². The van der Waals surface area contributed by atoms with Gasteiger partial charge in [0.2, 0.25) is 0 Å². The van der Waals surface area contributed by atoms with E-state index in [0.29, 0.717) is 22.4 Å². The van der Waals surface area contributed by atoms with Crippen molar-refractivity contribution in [2.45, 2.75) is 5.88 Å². The standard InChI is InChI=1S/C9H10Cl2O2/c1-12-8-4-3-7(11)6(5-10)9(8)13-2/h3-4H,5H2,1-2H3.